The molecule has 0 saturated heterocycles. The molecule has 8 heavy (non-hydrogen) atoms. The van der Waals surface area contributed by atoms with Crippen molar-refractivity contribution >= 4 is 18.6 Å². The second-order valence-electron chi connectivity index (χ2n) is 1.13. The van der Waals surface area contributed by atoms with Gasteiger partial charge >= 0.3 is 23.0 Å². The molecule has 0 rings (SSSR count). The number of carbonyl (C=O) groups is 1. The molecule has 0 unspecified atom stereocenters. The van der Waals surface area contributed by atoms with Crippen molar-refractivity contribution in [2.75, 3.05) is 5.75 Å². The van der Waals surface area contributed by atoms with E-state index in [0.717, 1.165) is 0 Å². The molecule has 0 aliphatic carbocycles. The molecular weight excluding hydrogens is 178 g/mol. The van der Waals surface area contributed by atoms with Gasteiger partial charge in [0, 0.05) is 5.75 Å². The summed E-state index contributed by atoms with van der Waals surface area (Å²) in [5.74, 6) is -0.815. The zero-order valence-electron chi connectivity index (χ0n) is 3.97. The zero-order chi connectivity index (χ0) is 5.86. The summed E-state index contributed by atoms with van der Waals surface area (Å²) in [6, 6.07) is -0.816. The molecule has 0 saturated carbocycles. The molecule has 0 aromatic rings. The van der Waals surface area contributed by atoms with E-state index >= 15 is 0 Å². The maximum absolute atomic E-state index is 9.76. The van der Waals surface area contributed by atoms with Gasteiger partial charge in [-0.2, -0.15) is 12.6 Å². The number of carboxylic acid groups (broad SMARTS) is 1. The van der Waals surface area contributed by atoms with Crippen molar-refractivity contribution in [1.82, 2.24) is 0 Å². The van der Waals surface area contributed by atoms with Crippen molar-refractivity contribution in [3.05, 3.63) is 0 Å². The topological polar surface area (TPSA) is 63.3 Å². The molecule has 0 heterocycles. The SMILES string of the molecule is N[C@@H](CS)C(=O)O.[Cu+2]. The Morgan fingerprint density at radius 3 is 2.25 bits per heavy atom. The first-order valence-electron chi connectivity index (χ1n) is 1.77. The average molecular weight is 185 g/mol. The van der Waals surface area contributed by atoms with Crippen LogP contribution in [-0.2, 0) is 21.9 Å². The van der Waals surface area contributed by atoms with Crippen LogP contribution in [0.3, 0.4) is 0 Å². The number of rotatable bonds is 2. The summed E-state index contributed by atoms with van der Waals surface area (Å²) in [7, 11) is 0. The minimum Gasteiger partial charge on any atom is -0.480 e. The van der Waals surface area contributed by atoms with E-state index in [2.05, 4.69) is 12.6 Å². The Balaban J connectivity index is 0. The zero-order valence-corrected chi connectivity index (χ0v) is 5.80. The quantitative estimate of drug-likeness (QED) is 0.394. The van der Waals surface area contributed by atoms with Crippen LogP contribution in [0.1, 0.15) is 0 Å². The normalized spacial score (nSPS) is 11.8. The van der Waals surface area contributed by atoms with Crippen LogP contribution >= 0.6 is 12.6 Å². The van der Waals surface area contributed by atoms with E-state index in [9.17, 15) is 4.79 Å². The van der Waals surface area contributed by atoms with E-state index in [0.29, 0.717) is 0 Å². The molecule has 3 nitrogen and oxygen atoms in total. The summed E-state index contributed by atoms with van der Waals surface area (Å²) in [6.07, 6.45) is 0. The predicted molar refractivity (Wildman–Crippen MR) is 29.5 cm³/mol. The Morgan fingerprint density at radius 1 is 1.88 bits per heavy atom. The van der Waals surface area contributed by atoms with E-state index in [4.69, 9.17) is 10.8 Å². The first kappa shape index (κ1) is 11.1. The monoisotopic (exact) mass is 184 g/mol. The van der Waals surface area contributed by atoms with E-state index in [1.807, 2.05) is 0 Å². The molecule has 51 valence electrons. The number of hydrogen-bond donors (Lipinski definition) is 3. The van der Waals surface area contributed by atoms with Crippen LogP contribution in [0.2, 0.25) is 0 Å². The first-order valence-corrected chi connectivity index (χ1v) is 2.41. The number of aliphatic carboxylic acids is 1. The molecule has 1 atom stereocenters. The third-order valence-electron chi connectivity index (χ3n) is 0.514. The Bertz CT molecular complexity index is 79.7. The van der Waals surface area contributed by atoms with Gasteiger partial charge < -0.3 is 10.8 Å². The number of nitrogens with two attached hydrogens (primary N) is 1. The number of thiol groups is 1. The molecule has 0 aromatic carbocycles. The van der Waals surface area contributed by atoms with Gasteiger partial charge in [-0.15, -0.1) is 0 Å². The molecule has 0 fully saturated rings. The number of hydrogen-bond acceptors (Lipinski definition) is 3. The smallest absolute Gasteiger partial charge is 0.480 e. The van der Waals surface area contributed by atoms with Gasteiger partial charge in [-0.25, -0.2) is 0 Å². The van der Waals surface area contributed by atoms with Crippen molar-refractivity contribution in [3.63, 3.8) is 0 Å². The van der Waals surface area contributed by atoms with Crippen molar-refractivity contribution in [2.24, 2.45) is 5.73 Å². The van der Waals surface area contributed by atoms with Crippen molar-refractivity contribution in [3.8, 4) is 0 Å². The molecular formula is C3H7CuNO2S+2. The fourth-order valence-electron chi connectivity index (χ4n) is 0.0781. The molecule has 3 N–H and O–H groups in total. The van der Waals surface area contributed by atoms with E-state index in [1.54, 1.807) is 0 Å². The maximum atomic E-state index is 9.76. The second kappa shape index (κ2) is 5.44. The van der Waals surface area contributed by atoms with E-state index in [-0.39, 0.29) is 22.8 Å². The molecule has 0 spiro atoms. The Morgan fingerprint density at radius 2 is 2.25 bits per heavy atom. The Hall–Kier alpha value is 0.299. The fourth-order valence-corrected chi connectivity index (χ4v) is 0.234. The summed E-state index contributed by atoms with van der Waals surface area (Å²) in [4.78, 5) is 9.76. The van der Waals surface area contributed by atoms with Gasteiger partial charge in [0.2, 0.25) is 0 Å². The summed E-state index contributed by atoms with van der Waals surface area (Å²) >= 11 is 3.65. The number of carboxylic acids is 1. The Labute approximate surface area is 63.5 Å². The van der Waals surface area contributed by atoms with E-state index < -0.39 is 12.0 Å². The summed E-state index contributed by atoms with van der Waals surface area (Å²) in [5, 5.41) is 8.01. The minimum atomic E-state index is -1.00. The van der Waals surface area contributed by atoms with Crippen molar-refractivity contribution in [2.45, 2.75) is 6.04 Å². The summed E-state index contributed by atoms with van der Waals surface area (Å²) in [6.45, 7) is 0. The van der Waals surface area contributed by atoms with Gasteiger partial charge in [-0.3, -0.25) is 4.79 Å². The fraction of sp³-hybridized carbons (Fsp3) is 0.667. The van der Waals surface area contributed by atoms with Gasteiger partial charge in [-0.1, -0.05) is 0 Å². The van der Waals surface area contributed by atoms with Crippen LogP contribution in [0.5, 0.6) is 0 Å². The third kappa shape index (κ3) is 4.46. The van der Waals surface area contributed by atoms with Gasteiger partial charge in [-0.05, 0) is 0 Å². The largest absolute Gasteiger partial charge is 2.00 e. The summed E-state index contributed by atoms with van der Waals surface area (Å²) in [5.41, 5.74) is 4.94. The molecule has 0 aliphatic heterocycles. The second-order valence-corrected chi connectivity index (χ2v) is 1.49. The minimum absolute atomic E-state index is 0. The van der Waals surface area contributed by atoms with Crippen LogP contribution in [0.25, 0.3) is 0 Å². The molecule has 0 aromatic heterocycles. The van der Waals surface area contributed by atoms with Crippen LogP contribution in [0, 0.1) is 0 Å². The standard InChI is InChI=1S/C3H7NO2S.Cu/c4-2(1-7)3(5)6;/h2,7H,1,4H2,(H,5,6);/q;+2/t2-;/m0./s1. The van der Waals surface area contributed by atoms with Crippen LogP contribution in [0.4, 0.5) is 0 Å². The first-order chi connectivity index (χ1) is 3.18. The Kier molecular flexibility index (Phi) is 7.57. The molecule has 0 amide bonds. The van der Waals surface area contributed by atoms with E-state index in [1.165, 1.54) is 0 Å². The summed E-state index contributed by atoms with van der Waals surface area (Å²) < 4.78 is 0. The van der Waals surface area contributed by atoms with Gasteiger partial charge in [0.1, 0.15) is 6.04 Å². The van der Waals surface area contributed by atoms with Gasteiger partial charge in [0.25, 0.3) is 0 Å². The third-order valence-corrected chi connectivity index (χ3v) is 0.907. The average Bonchev–Trinajstić information content (AvgIpc) is 1.65. The van der Waals surface area contributed by atoms with Gasteiger partial charge in [0.05, 0.1) is 0 Å². The van der Waals surface area contributed by atoms with Crippen molar-refractivity contribution < 1.29 is 27.0 Å². The van der Waals surface area contributed by atoms with Crippen molar-refractivity contribution in [1.29, 1.82) is 0 Å². The van der Waals surface area contributed by atoms with Crippen LogP contribution < -0.4 is 5.73 Å². The predicted octanol–water partition coefficient (Wildman–Crippen LogP) is -0.674. The molecule has 5 heteroatoms. The van der Waals surface area contributed by atoms with Crippen LogP contribution in [0.15, 0.2) is 0 Å². The van der Waals surface area contributed by atoms with Gasteiger partial charge in [0.15, 0.2) is 0 Å². The molecule has 0 bridgehead atoms. The molecule has 1 radical (unpaired) electrons. The maximum Gasteiger partial charge on any atom is 2.00 e. The molecule has 0 aliphatic rings. The van der Waals surface area contributed by atoms with Crippen LogP contribution in [-0.4, -0.2) is 22.9 Å².